The number of carbonyl (C=O) groups excluding carboxylic acids is 1. The highest BCUT2D eigenvalue weighted by Gasteiger charge is 2.22. The number of rotatable bonds is 8. The molecule has 0 aliphatic heterocycles. The highest BCUT2D eigenvalue weighted by Crippen LogP contribution is 2.29. The zero-order valence-electron chi connectivity index (χ0n) is 16.8. The summed E-state index contributed by atoms with van der Waals surface area (Å²) in [6.07, 6.45) is 1.19. The Labute approximate surface area is 178 Å². The van der Waals surface area contributed by atoms with Crippen molar-refractivity contribution in [1.29, 1.82) is 0 Å². The highest BCUT2D eigenvalue weighted by atomic mass is 32.2. The number of benzene rings is 1. The van der Waals surface area contributed by atoms with Crippen LogP contribution in [0.25, 0.3) is 10.2 Å². The molecule has 0 aliphatic rings. The molecule has 0 aliphatic carbocycles. The maximum atomic E-state index is 12.7. The van der Waals surface area contributed by atoms with E-state index in [4.69, 9.17) is 4.74 Å². The maximum absolute atomic E-state index is 12.7. The number of hydrogen-bond acceptors (Lipinski definition) is 7. The second-order valence-electron chi connectivity index (χ2n) is 6.32. The monoisotopic (exact) mass is 450 g/mol. The molecule has 2 aromatic heterocycles. The van der Waals surface area contributed by atoms with Gasteiger partial charge in [-0.3, -0.25) is 9.59 Å². The second-order valence-corrected chi connectivity index (χ2v) is 9.29. The van der Waals surface area contributed by atoms with Crippen LogP contribution in [0, 0.1) is 0 Å². The molecule has 3 rings (SSSR count). The minimum atomic E-state index is -3.74. The Morgan fingerprint density at radius 1 is 1.23 bits per heavy atom. The summed E-state index contributed by atoms with van der Waals surface area (Å²) in [5, 5.41) is 3.03. The molecule has 2 heterocycles. The minimum absolute atomic E-state index is 0.0364. The van der Waals surface area contributed by atoms with E-state index in [0.717, 1.165) is 15.3 Å². The first-order chi connectivity index (χ1) is 14.3. The van der Waals surface area contributed by atoms with Crippen LogP contribution in [0.5, 0.6) is 5.75 Å². The molecule has 3 aromatic rings. The van der Waals surface area contributed by atoms with Crippen molar-refractivity contribution in [2.75, 3.05) is 25.5 Å². The largest absolute Gasteiger partial charge is 0.497 e. The smallest absolute Gasteiger partial charge is 0.251 e. The maximum Gasteiger partial charge on any atom is 0.251 e. The summed E-state index contributed by atoms with van der Waals surface area (Å²) in [4.78, 5) is 28.9. The molecular weight excluding hydrogens is 428 g/mol. The van der Waals surface area contributed by atoms with Gasteiger partial charge in [0, 0.05) is 25.4 Å². The number of amides is 1. The Kier molecular flexibility index (Phi) is 6.54. The lowest BCUT2D eigenvalue weighted by Gasteiger charge is -2.18. The van der Waals surface area contributed by atoms with Gasteiger partial charge in [0.25, 0.3) is 5.56 Å². The minimum Gasteiger partial charge on any atom is -0.497 e. The summed E-state index contributed by atoms with van der Waals surface area (Å²) in [6, 6.07) is 7.77. The molecule has 30 heavy (non-hydrogen) atoms. The van der Waals surface area contributed by atoms with Crippen LogP contribution in [-0.2, 0) is 21.4 Å². The first-order valence-electron chi connectivity index (χ1n) is 9.23. The molecule has 0 atom stereocenters. The molecular formula is C19H22N4O5S2. The molecule has 0 radical (unpaired) electrons. The van der Waals surface area contributed by atoms with E-state index in [1.165, 1.54) is 27.9 Å². The zero-order chi connectivity index (χ0) is 21.9. The zero-order valence-corrected chi connectivity index (χ0v) is 18.4. The molecule has 11 heteroatoms. The lowest BCUT2D eigenvalue weighted by Crippen LogP contribution is -2.33. The number of aromatic nitrogens is 2. The van der Waals surface area contributed by atoms with Crippen molar-refractivity contribution >= 4 is 42.6 Å². The van der Waals surface area contributed by atoms with Crippen LogP contribution in [0.1, 0.15) is 13.8 Å². The molecule has 0 saturated carbocycles. The van der Waals surface area contributed by atoms with Crippen molar-refractivity contribution in [1.82, 2.24) is 13.9 Å². The third-order valence-electron chi connectivity index (χ3n) is 4.46. The van der Waals surface area contributed by atoms with E-state index < -0.39 is 21.5 Å². The van der Waals surface area contributed by atoms with Crippen LogP contribution in [0.2, 0.25) is 0 Å². The fourth-order valence-electron chi connectivity index (χ4n) is 2.90. The van der Waals surface area contributed by atoms with E-state index >= 15 is 0 Å². The third kappa shape index (κ3) is 4.53. The predicted molar refractivity (Wildman–Crippen MR) is 116 cm³/mol. The SMILES string of the molecule is CCN(CC)S(=O)(=O)c1ccc(=O)n(CC(=O)Nc2nc3ccc(OC)cc3s2)c1. The van der Waals surface area contributed by atoms with Crippen LogP contribution >= 0.6 is 11.3 Å². The van der Waals surface area contributed by atoms with Gasteiger partial charge in [0.1, 0.15) is 12.3 Å². The van der Waals surface area contributed by atoms with Gasteiger partial charge in [-0.2, -0.15) is 4.31 Å². The van der Waals surface area contributed by atoms with Crippen molar-refractivity contribution in [3.63, 3.8) is 0 Å². The Morgan fingerprint density at radius 2 is 1.97 bits per heavy atom. The molecule has 0 saturated heterocycles. The van der Waals surface area contributed by atoms with Gasteiger partial charge < -0.3 is 14.6 Å². The van der Waals surface area contributed by atoms with Gasteiger partial charge in [0.05, 0.1) is 22.2 Å². The first kappa shape index (κ1) is 21.9. The van der Waals surface area contributed by atoms with E-state index in [2.05, 4.69) is 10.3 Å². The van der Waals surface area contributed by atoms with Crippen molar-refractivity contribution < 1.29 is 17.9 Å². The van der Waals surface area contributed by atoms with E-state index in [1.54, 1.807) is 33.1 Å². The average molecular weight is 451 g/mol. The molecule has 9 nitrogen and oxygen atoms in total. The molecule has 0 unspecified atom stereocenters. The Hall–Kier alpha value is -2.76. The van der Waals surface area contributed by atoms with E-state index in [1.807, 2.05) is 6.07 Å². The van der Waals surface area contributed by atoms with Crippen molar-refractivity contribution in [2.24, 2.45) is 0 Å². The van der Waals surface area contributed by atoms with E-state index in [-0.39, 0.29) is 11.4 Å². The van der Waals surface area contributed by atoms with Gasteiger partial charge in [-0.25, -0.2) is 13.4 Å². The van der Waals surface area contributed by atoms with Gasteiger partial charge in [-0.1, -0.05) is 25.2 Å². The predicted octanol–water partition coefficient (Wildman–Crippen LogP) is 2.14. The number of fused-ring (bicyclic) bond motifs is 1. The standard InChI is InChI=1S/C19H22N4O5S2/c1-4-23(5-2)30(26,27)14-7-9-18(25)22(11-14)12-17(24)21-19-20-15-8-6-13(28-3)10-16(15)29-19/h6-11H,4-5,12H2,1-3H3,(H,20,21,24). The van der Waals surface area contributed by atoms with Gasteiger partial charge in [0.15, 0.2) is 5.13 Å². The fraction of sp³-hybridized carbons (Fsp3) is 0.316. The molecule has 0 spiro atoms. The average Bonchev–Trinajstić information content (AvgIpc) is 3.11. The van der Waals surface area contributed by atoms with E-state index in [0.29, 0.717) is 29.5 Å². The van der Waals surface area contributed by atoms with Crippen molar-refractivity contribution in [2.45, 2.75) is 25.3 Å². The normalized spacial score (nSPS) is 11.7. The number of anilines is 1. The number of sulfonamides is 1. The Bertz CT molecular complexity index is 1230. The molecule has 0 bridgehead atoms. The van der Waals surface area contributed by atoms with Crippen molar-refractivity contribution in [3.8, 4) is 5.75 Å². The number of hydrogen-bond donors (Lipinski definition) is 1. The molecule has 1 N–H and O–H groups in total. The number of carbonyl (C=O) groups is 1. The summed E-state index contributed by atoms with van der Waals surface area (Å²) in [6.45, 7) is 3.75. The number of nitrogens with one attached hydrogen (secondary N) is 1. The van der Waals surface area contributed by atoms with Gasteiger partial charge in [-0.15, -0.1) is 0 Å². The molecule has 1 aromatic carbocycles. The van der Waals surface area contributed by atoms with Crippen LogP contribution in [0.4, 0.5) is 5.13 Å². The second kappa shape index (κ2) is 8.94. The summed E-state index contributed by atoms with van der Waals surface area (Å²) in [5.41, 5.74) is 0.235. The number of ether oxygens (including phenoxy) is 1. The molecule has 1 amide bonds. The van der Waals surface area contributed by atoms with Crippen LogP contribution in [0.3, 0.4) is 0 Å². The van der Waals surface area contributed by atoms with Crippen LogP contribution in [0.15, 0.2) is 46.2 Å². The number of thiazole rings is 1. The van der Waals surface area contributed by atoms with Crippen LogP contribution in [-0.4, -0.2) is 48.4 Å². The van der Waals surface area contributed by atoms with Gasteiger partial charge in [-0.05, 0) is 24.3 Å². The number of nitrogens with zero attached hydrogens (tertiary/aromatic N) is 3. The first-order valence-corrected chi connectivity index (χ1v) is 11.5. The highest BCUT2D eigenvalue weighted by molar-refractivity contribution is 7.89. The number of pyridine rings is 1. The lowest BCUT2D eigenvalue weighted by atomic mass is 10.3. The van der Waals surface area contributed by atoms with Crippen LogP contribution < -0.4 is 15.6 Å². The van der Waals surface area contributed by atoms with E-state index in [9.17, 15) is 18.0 Å². The molecule has 0 fully saturated rings. The third-order valence-corrected chi connectivity index (χ3v) is 7.42. The molecule has 160 valence electrons. The Balaban J connectivity index is 1.80. The summed E-state index contributed by atoms with van der Waals surface area (Å²) in [5.74, 6) is 0.197. The van der Waals surface area contributed by atoms with Gasteiger partial charge >= 0.3 is 0 Å². The Morgan fingerprint density at radius 3 is 2.63 bits per heavy atom. The lowest BCUT2D eigenvalue weighted by molar-refractivity contribution is -0.116. The number of methoxy groups -OCH3 is 1. The quantitative estimate of drug-likeness (QED) is 0.563. The van der Waals surface area contributed by atoms with Gasteiger partial charge in [0.2, 0.25) is 15.9 Å². The fourth-order valence-corrected chi connectivity index (χ4v) is 5.29. The van der Waals surface area contributed by atoms with Crippen molar-refractivity contribution in [3.05, 3.63) is 46.9 Å². The topological polar surface area (TPSA) is 111 Å². The summed E-state index contributed by atoms with van der Waals surface area (Å²) >= 11 is 1.27. The summed E-state index contributed by atoms with van der Waals surface area (Å²) < 4.78 is 33.7. The summed E-state index contributed by atoms with van der Waals surface area (Å²) in [7, 11) is -2.17.